The zero-order valence-electron chi connectivity index (χ0n) is 12.7. The molecule has 0 bridgehead atoms. The molecule has 6 nitrogen and oxygen atoms in total. The van der Waals surface area contributed by atoms with Gasteiger partial charge in [0.1, 0.15) is 24.4 Å². The van der Waals surface area contributed by atoms with Crippen LogP contribution in [0.4, 0.5) is 0 Å². The Kier molecular flexibility index (Phi) is 6.65. The predicted molar refractivity (Wildman–Crippen MR) is 69.2 cm³/mol. The molecule has 1 saturated heterocycles. The van der Waals surface area contributed by atoms with Crippen LogP contribution in [0.5, 0.6) is 0 Å². The Morgan fingerprint density at radius 2 is 1.21 bits per heavy atom. The van der Waals surface area contributed by atoms with Gasteiger partial charge >= 0.3 is 0 Å². The minimum Gasteiger partial charge on any atom is -0.382 e. The molecule has 0 aliphatic carbocycles. The summed E-state index contributed by atoms with van der Waals surface area (Å²) < 4.78 is 33.1. The molecule has 0 radical (unpaired) electrons. The molecule has 4 atom stereocenters. The van der Waals surface area contributed by atoms with Crippen LogP contribution in [0.3, 0.4) is 0 Å². The molecule has 1 aliphatic rings. The van der Waals surface area contributed by atoms with Gasteiger partial charge in [-0.2, -0.15) is 0 Å². The van der Waals surface area contributed by atoms with Gasteiger partial charge in [0.25, 0.3) is 0 Å². The van der Waals surface area contributed by atoms with E-state index in [1.807, 2.05) is 13.8 Å². The molecule has 4 unspecified atom stereocenters. The molecule has 1 fully saturated rings. The molecule has 1 aliphatic heterocycles. The molecule has 19 heavy (non-hydrogen) atoms. The third-order valence-corrected chi connectivity index (χ3v) is 3.16. The van der Waals surface area contributed by atoms with Crippen molar-refractivity contribution >= 4 is 0 Å². The summed E-state index contributed by atoms with van der Waals surface area (Å²) >= 11 is 0. The SMILES string of the molecule is COCC(OC)C1OC(C)(C)OC1C(COC)OC. The molecule has 1 rings (SSSR count). The van der Waals surface area contributed by atoms with E-state index in [0.29, 0.717) is 13.2 Å². The van der Waals surface area contributed by atoms with Gasteiger partial charge in [0.05, 0.1) is 13.2 Å². The Morgan fingerprint density at radius 3 is 1.47 bits per heavy atom. The van der Waals surface area contributed by atoms with Crippen molar-refractivity contribution < 1.29 is 28.4 Å². The van der Waals surface area contributed by atoms with Gasteiger partial charge in [-0.3, -0.25) is 0 Å². The minimum atomic E-state index is -0.676. The maximum absolute atomic E-state index is 5.93. The van der Waals surface area contributed by atoms with Crippen LogP contribution in [0.25, 0.3) is 0 Å². The van der Waals surface area contributed by atoms with Crippen LogP contribution in [0.2, 0.25) is 0 Å². The van der Waals surface area contributed by atoms with Crippen LogP contribution in [0.15, 0.2) is 0 Å². The summed E-state index contributed by atoms with van der Waals surface area (Å²) in [7, 11) is 6.52. The average Bonchev–Trinajstić information content (AvgIpc) is 2.68. The molecule has 114 valence electrons. The van der Waals surface area contributed by atoms with E-state index in [2.05, 4.69) is 0 Å². The van der Waals surface area contributed by atoms with Gasteiger partial charge in [-0.05, 0) is 13.8 Å². The number of hydrogen-bond acceptors (Lipinski definition) is 6. The first kappa shape index (κ1) is 16.8. The van der Waals surface area contributed by atoms with Crippen LogP contribution < -0.4 is 0 Å². The summed E-state index contributed by atoms with van der Waals surface area (Å²) in [6.45, 7) is 4.61. The molecule has 6 heteroatoms. The van der Waals surface area contributed by atoms with Crippen LogP contribution >= 0.6 is 0 Å². The monoisotopic (exact) mass is 278 g/mol. The normalized spacial score (nSPS) is 29.4. The quantitative estimate of drug-likeness (QED) is 0.655. The first-order chi connectivity index (χ1) is 8.99. The molecule has 0 amide bonds. The molecule has 0 aromatic rings. The lowest BCUT2D eigenvalue weighted by atomic mass is 10.0. The molecular formula is C13H26O6. The van der Waals surface area contributed by atoms with Crippen molar-refractivity contribution in [3.8, 4) is 0 Å². The van der Waals surface area contributed by atoms with Crippen molar-refractivity contribution in [3.05, 3.63) is 0 Å². The highest BCUT2D eigenvalue weighted by Crippen LogP contribution is 2.33. The Hall–Kier alpha value is -0.240. The highest BCUT2D eigenvalue weighted by molar-refractivity contribution is 4.92. The largest absolute Gasteiger partial charge is 0.382 e. The van der Waals surface area contributed by atoms with Crippen LogP contribution in [0.1, 0.15) is 13.8 Å². The van der Waals surface area contributed by atoms with Crippen LogP contribution in [-0.2, 0) is 28.4 Å². The Morgan fingerprint density at radius 1 is 0.842 bits per heavy atom. The smallest absolute Gasteiger partial charge is 0.164 e. The summed E-state index contributed by atoms with van der Waals surface area (Å²) in [5.41, 5.74) is 0. The molecule has 0 aromatic carbocycles. The number of rotatable bonds is 8. The highest BCUT2D eigenvalue weighted by atomic mass is 16.8. The number of methoxy groups -OCH3 is 4. The standard InChI is InChI=1S/C13H26O6/c1-13(2)18-11(9(16-5)7-14-3)12(19-13)10(17-6)8-15-4/h9-12H,7-8H2,1-6H3. The molecule has 0 N–H and O–H groups in total. The molecule has 0 saturated carbocycles. The molecule has 0 spiro atoms. The summed E-state index contributed by atoms with van der Waals surface area (Å²) in [6, 6.07) is 0. The van der Waals surface area contributed by atoms with Crippen molar-refractivity contribution in [1.82, 2.24) is 0 Å². The van der Waals surface area contributed by atoms with Gasteiger partial charge in [0.15, 0.2) is 5.79 Å². The molecule has 0 aromatic heterocycles. The summed E-state index contributed by atoms with van der Waals surface area (Å²) in [6.07, 6.45) is -0.960. The molecular weight excluding hydrogens is 252 g/mol. The van der Waals surface area contributed by atoms with E-state index < -0.39 is 5.79 Å². The Balaban J connectivity index is 2.84. The predicted octanol–water partition coefficient (Wildman–Crippen LogP) is 0.829. The van der Waals surface area contributed by atoms with Gasteiger partial charge < -0.3 is 28.4 Å². The van der Waals surface area contributed by atoms with E-state index in [0.717, 1.165) is 0 Å². The summed E-state index contributed by atoms with van der Waals surface area (Å²) in [5.74, 6) is -0.676. The van der Waals surface area contributed by atoms with Crippen molar-refractivity contribution in [1.29, 1.82) is 0 Å². The lowest BCUT2D eigenvalue weighted by Gasteiger charge is -2.28. The maximum atomic E-state index is 5.93. The topological polar surface area (TPSA) is 55.4 Å². The minimum absolute atomic E-state index is 0.216. The zero-order valence-corrected chi connectivity index (χ0v) is 12.7. The second-order valence-corrected chi connectivity index (χ2v) is 5.02. The highest BCUT2D eigenvalue weighted by Gasteiger charge is 2.49. The van der Waals surface area contributed by atoms with Crippen LogP contribution in [-0.4, -0.2) is 71.9 Å². The zero-order chi connectivity index (χ0) is 14.5. The van der Waals surface area contributed by atoms with E-state index in [1.165, 1.54) is 0 Å². The van der Waals surface area contributed by atoms with Gasteiger partial charge in [-0.15, -0.1) is 0 Å². The van der Waals surface area contributed by atoms with Crippen molar-refractivity contribution in [3.63, 3.8) is 0 Å². The van der Waals surface area contributed by atoms with Gasteiger partial charge in [0.2, 0.25) is 0 Å². The van der Waals surface area contributed by atoms with E-state index in [4.69, 9.17) is 28.4 Å². The van der Waals surface area contributed by atoms with Gasteiger partial charge in [0, 0.05) is 28.4 Å². The van der Waals surface area contributed by atoms with Crippen molar-refractivity contribution in [2.75, 3.05) is 41.7 Å². The maximum Gasteiger partial charge on any atom is 0.164 e. The second kappa shape index (κ2) is 7.52. The van der Waals surface area contributed by atoms with E-state index in [1.54, 1.807) is 28.4 Å². The number of ether oxygens (including phenoxy) is 6. The second-order valence-electron chi connectivity index (χ2n) is 5.02. The molecule has 1 heterocycles. The van der Waals surface area contributed by atoms with E-state index >= 15 is 0 Å². The summed E-state index contributed by atoms with van der Waals surface area (Å²) in [4.78, 5) is 0. The Labute approximate surface area is 115 Å². The number of hydrogen-bond donors (Lipinski definition) is 0. The van der Waals surface area contributed by atoms with Gasteiger partial charge in [-0.25, -0.2) is 0 Å². The first-order valence-electron chi connectivity index (χ1n) is 6.38. The third-order valence-electron chi connectivity index (χ3n) is 3.16. The average molecular weight is 278 g/mol. The van der Waals surface area contributed by atoms with Crippen molar-refractivity contribution in [2.24, 2.45) is 0 Å². The van der Waals surface area contributed by atoms with Gasteiger partial charge in [-0.1, -0.05) is 0 Å². The van der Waals surface area contributed by atoms with Crippen molar-refractivity contribution in [2.45, 2.75) is 44.1 Å². The Bertz CT molecular complexity index is 234. The van der Waals surface area contributed by atoms with E-state index in [9.17, 15) is 0 Å². The van der Waals surface area contributed by atoms with Crippen LogP contribution in [0, 0.1) is 0 Å². The fourth-order valence-corrected chi connectivity index (χ4v) is 2.31. The fourth-order valence-electron chi connectivity index (χ4n) is 2.31. The summed E-state index contributed by atoms with van der Waals surface area (Å²) in [5, 5.41) is 0. The first-order valence-corrected chi connectivity index (χ1v) is 6.38. The fraction of sp³-hybridized carbons (Fsp3) is 1.00. The van der Waals surface area contributed by atoms with E-state index in [-0.39, 0.29) is 24.4 Å². The third kappa shape index (κ3) is 4.37. The lowest BCUT2D eigenvalue weighted by molar-refractivity contribution is -0.167. The lowest BCUT2D eigenvalue weighted by Crippen LogP contribution is -2.47.